The highest BCUT2D eigenvalue weighted by Crippen LogP contribution is 2.18. The lowest BCUT2D eigenvalue weighted by Gasteiger charge is -2.31. The third-order valence-electron chi connectivity index (χ3n) is 4.06. The second-order valence-corrected chi connectivity index (χ2v) is 5.82. The number of nitrogens with zero attached hydrogens (tertiary/aromatic N) is 1. The molecule has 0 aliphatic carbocycles. The van der Waals surface area contributed by atoms with Gasteiger partial charge in [0.2, 0.25) is 11.8 Å². The number of nitrogens with two attached hydrogens (primary N) is 1. The van der Waals surface area contributed by atoms with Crippen LogP contribution in [0.5, 0.6) is 0 Å². The van der Waals surface area contributed by atoms with Gasteiger partial charge in [0.25, 0.3) is 5.91 Å². The van der Waals surface area contributed by atoms with Gasteiger partial charge in [-0.3, -0.25) is 14.4 Å². The van der Waals surface area contributed by atoms with Gasteiger partial charge in [0.15, 0.2) is 0 Å². The molecule has 3 N–H and O–H groups in total. The van der Waals surface area contributed by atoms with Crippen molar-refractivity contribution in [3.8, 4) is 0 Å². The van der Waals surface area contributed by atoms with Gasteiger partial charge in [-0.2, -0.15) is 0 Å². The van der Waals surface area contributed by atoms with E-state index >= 15 is 0 Å². The third-order valence-corrected chi connectivity index (χ3v) is 4.06. The van der Waals surface area contributed by atoms with E-state index in [0.717, 1.165) is 0 Å². The number of benzene rings is 1. The highest BCUT2D eigenvalue weighted by molar-refractivity contribution is 6.02. The van der Waals surface area contributed by atoms with E-state index < -0.39 is 17.4 Å². The first kappa shape index (κ1) is 18.4. The third kappa shape index (κ3) is 3.97. The summed E-state index contributed by atoms with van der Waals surface area (Å²) >= 11 is 0. The Hall–Kier alpha value is -2.63. The molecule has 1 rings (SSSR count). The van der Waals surface area contributed by atoms with Crippen molar-refractivity contribution in [2.75, 3.05) is 11.9 Å². The number of carbonyl (C=O) groups excluding carboxylic acids is 3. The Morgan fingerprint density at radius 3 is 2.17 bits per heavy atom. The molecule has 3 amide bonds. The van der Waals surface area contributed by atoms with Crippen molar-refractivity contribution in [3.63, 3.8) is 0 Å². The number of amides is 3. The topological polar surface area (TPSA) is 92.5 Å². The van der Waals surface area contributed by atoms with Crippen LogP contribution >= 0.6 is 0 Å². The molecule has 1 aromatic rings. The van der Waals surface area contributed by atoms with E-state index in [1.807, 2.05) is 13.8 Å². The first-order chi connectivity index (χ1) is 10.6. The van der Waals surface area contributed by atoms with Crippen LogP contribution in [-0.4, -0.2) is 30.3 Å². The molecular formula is C17H23N3O3. The Balaban J connectivity index is 2.96. The van der Waals surface area contributed by atoms with Crippen LogP contribution in [0, 0.1) is 5.92 Å². The largest absolute Gasteiger partial charge is 0.368 e. The maximum atomic E-state index is 12.3. The predicted molar refractivity (Wildman–Crippen MR) is 90.0 cm³/mol. The number of primary amides is 1. The highest BCUT2D eigenvalue weighted by atomic mass is 16.2. The predicted octanol–water partition coefficient (Wildman–Crippen LogP) is 1.47. The van der Waals surface area contributed by atoms with Gasteiger partial charge in [-0.05, 0) is 43.2 Å². The number of hydrogen-bond acceptors (Lipinski definition) is 3. The Labute approximate surface area is 136 Å². The van der Waals surface area contributed by atoms with Crippen LogP contribution in [0.1, 0.15) is 31.1 Å². The van der Waals surface area contributed by atoms with Crippen LogP contribution < -0.4 is 16.0 Å². The van der Waals surface area contributed by atoms with Crippen molar-refractivity contribution in [2.24, 2.45) is 11.7 Å². The SMILES string of the molecule is C=CC(=O)N(C)c1ccc(C(=O)NC(C)(C(N)=O)C(C)C)cc1. The second kappa shape index (κ2) is 7.09. The minimum Gasteiger partial charge on any atom is -0.368 e. The Morgan fingerprint density at radius 1 is 1.26 bits per heavy atom. The molecule has 1 atom stereocenters. The van der Waals surface area contributed by atoms with Crippen molar-refractivity contribution in [1.82, 2.24) is 5.32 Å². The maximum Gasteiger partial charge on any atom is 0.252 e. The van der Waals surface area contributed by atoms with Crippen molar-refractivity contribution >= 4 is 23.4 Å². The fraction of sp³-hybridized carbons (Fsp3) is 0.353. The molecular weight excluding hydrogens is 294 g/mol. The number of rotatable bonds is 6. The van der Waals surface area contributed by atoms with Gasteiger partial charge in [-0.25, -0.2) is 0 Å². The van der Waals surface area contributed by atoms with Gasteiger partial charge >= 0.3 is 0 Å². The average molecular weight is 317 g/mol. The van der Waals surface area contributed by atoms with Crippen LogP contribution in [0.15, 0.2) is 36.9 Å². The lowest BCUT2D eigenvalue weighted by Crippen LogP contribution is -2.58. The normalized spacial score (nSPS) is 13.1. The quantitative estimate of drug-likeness (QED) is 0.778. The van der Waals surface area contributed by atoms with E-state index in [1.165, 1.54) is 11.0 Å². The molecule has 0 radical (unpaired) electrons. The Kier molecular flexibility index (Phi) is 5.68. The Bertz CT molecular complexity index is 622. The molecule has 6 nitrogen and oxygen atoms in total. The van der Waals surface area contributed by atoms with Crippen LogP contribution in [0.4, 0.5) is 5.69 Å². The van der Waals surface area contributed by atoms with Crippen molar-refractivity contribution < 1.29 is 14.4 Å². The van der Waals surface area contributed by atoms with Crippen LogP contribution in [0.25, 0.3) is 0 Å². The van der Waals surface area contributed by atoms with Gasteiger partial charge < -0.3 is 16.0 Å². The molecule has 0 aliphatic heterocycles. The smallest absolute Gasteiger partial charge is 0.252 e. The molecule has 0 spiro atoms. The van der Waals surface area contributed by atoms with Crippen LogP contribution in [0.3, 0.4) is 0 Å². The number of hydrogen-bond donors (Lipinski definition) is 2. The number of carbonyl (C=O) groups is 3. The van der Waals surface area contributed by atoms with E-state index in [1.54, 1.807) is 38.2 Å². The zero-order valence-corrected chi connectivity index (χ0v) is 13.9. The summed E-state index contributed by atoms with van der Waals surface area (Å²) in [5.41, 5.74) is 5.28. The molecule has 0 aromatic heterocycles. The molecule has 1 aromatic carbocycles. The number of likely N-dealkylation sites (N-methyl/N-ethyl adjacent to an activating group) is 1. The molecule has 0 heterocycles. The minimum atomic E-state index is -1.13. The molecule has 6 heteroatoms. The van der Waals surface area contributed by atoms with Gasteiger partial charge in [0.1, 0.15) is 5.54 Å². The molecule has 23 heavy (non-hydrogen) atoms. The van der Waals surface area contributed by atoms with E-state index in [9.17, 15) is 14.4 Å². The fourth-order valence-corrected chi connectivity index (χ4v) is 1.90. The molecule has 0 bridgehead atoms. The summed E-state index contributed by atoms with van der Waals surface area (Å²) in [6.45, 7) is 8.65. The first-order valence-electron chi connectivity index (χ1n) is 7.26. The van der Waals surface area contributed by atoms with Crippen molar-refractivity contribution in [2.45, 2.75) is 26.3 Å². The van der Waals surface area contributed by atoms with Crippen LogP contribution in [-0.2, 0) is 9.59 Å². The summed E-state index contributed by atoms with van der Waals surface area (Å²) in [7, 11) is 1.61. The van der Waals surface area contributed by atoms with Crippen molar-refractivity contribution in [1.29, 1.82) is 0 Å². The van der Waals surface area contributed by atoms with E-state index in [-0.39, 0.29) is 11.8 Å². The van der Waals surface area contributed by atoms with Gasteiger partial charge in [-0.1, -0.05) is 20.4 Å². The van der Waals surface area contributed by atoms with Gasteiger partial charge in [0, 0.05) is 18.3 Å². The number of anilines is 1. The molecule has 0 saturated heterocycles. The molecule has 124 valence electrons. The Morgan fingerprint density at radius 2 is 1.78 bits per heavy atom. The second-order valence-electron chi connectivity index (χ2n) is 5.82. The van der Waals surface area contributed by atoms with Crippen LogP contribution in [0.2, 0.25) is 0 Å². The zero-order chi connectivity index (χ0) is 17.8. The standard InChI is InChI=1S/C17H23N3O3/c1-6-14(21)20(5)13-9-7-12(8-10-13)15(22)19-17(4,11(2)3)16(18)23/h6-11H,1H2,2-5H3,(H2,18,23)(H,19,22). The summed E-state index contributed by atoms with van der Waals surface area (Å²) in [4.78, 5) is 36.9. The summed E-state index contributed by atoms with van der Waals surface area (Å²) in [5.74, 6) is -1.39. The lowest BCUT2D eigenvalue weighted by molar-refractivity contribution is -0.125. The molecule has 0 fully saturated rings. The van der Waals surface area contributed by atoms with Gasteiger partial charge in [-0.15, -0.1) is 0 Å². The highest BCUT2D eigenvalue weighted by Gasteiger charge is 2.36. The lowest BCUT2D eigenvalue weighted by atomic mass is 9.87. The molecule has 0 saturated carbocycles. The van der Waals surface area contributed by atoms with Crippen molar-refractivity contribution in [3.05, 3.63) is 42.5 Å². The monoisotopic (exact) mass is 317 g/mol. The average Bonchev–Trinajstić information content (AvgIpc) is 2.52. The zero-order valence-electron chi connectivity index (χ0n) is 13.9. The number of nitrogens with one attached hydrogen (secondary N) is 1. The minimum absolute atomic E-state index is 0.153. The first-order valence-corrected chi connectivity index (χ1v) is 7.26. The van der Waals surface area contributed by atoms with E-state index in [0.29, 0.717) is 11.3 Å². The summed E-state index contributed by atoms with van der Waals surface area (Å²) in [5, 5.41) is 2.68. The van der Waals surface area contributed by atoms with E-state index in [4.69, 9.17) is 5.73 Å². The van der Waals surface area contributed by atoms with Gasteiger partial charge in [0.05, 0.1) is 0 Å². The maximum absolute atomic E-state index is 12.3. The fourth-order valence-electron chi connectivity index (χ4n) is 1.90. The summed E-state index contributed by atoms with van der Waals surface area (Å²) in [6.07, 6.45) is 1.21. The molecule has 0 aliphatic rings. The summed E-state index contributed by atoms with van der Waals surface area (Å²) in [6, 6.07) is 6.46. The van der Waals surface area contributed by atoms with E-state index in [2.05, 4.69) is 11.9 Å². The molecule has 1 unspecified atom stereocenters. The summed E-state index contributed by atoms with van der Waals surface area (Å²) < 4.78 is 0.